The van der Waals surface area contributed by atoms with E-state index in [1.807, 2.05) is 19.2 Å². The quantitative estimate of drug-likeness (QED) is 0.217. The summed E-state index contributed by atoms with van der Waals surface area (Å²) < 4.78 is 8.71. The normalized spacial score (nSPS) is 19.1. The van der Waals surface area contributed by atoms with Gasteiger partial charge in [0.15, 0.2) is 14.0 Å². The molecule has 0 spiro atoms. The number of carbonyl (C=O) groups excluding carboxylic acids is 1. The van der Waals surface area contributed by atoms with Gasteiger partial charge in [-0.05, 0) is 72.6 Å². The molecule has 0 saturated heterocycles. The molecule has 0 amide bonds. The van der Waals surface area contributed by atoms with Gasteiger partial charge in [-0.3, -0.25) is 4.79 Å². The number of hydrogen-bond acceptors (Lipinski definition) is 3. The Balaban J connectivity index is 1.57. The van der Waals surface area contributed by atoms with Gasteiger partial charge in [0.2, 0.25) is 0 Å². The fourth-order valence-corrected chi connectivity index (χ4v) is 13.7. The van der Waals surface area contributed by atoms with E-state index < -0.39 is 8.24 Å². The van der Waals surface area contributed by atoms with Gasteiger partial charge in [-0.25, -0.2) is 4.98 Å². The topological polar surface area (TPSA) is 44.1 Å². The number of ether oxygens (including phenoxy) is 1. The molecule has 2 heterocycles. The third-order valence-electron chi connectivity index (χ3n) is 8.72. The molecule has 0 aliphatic heterocycles. The van der Waals surface area contributed by atoms with Gasteiger partial charge in [-0.15, -0.1) is 0 Å². The fourth-order valence-electron chi connectivity index (χ4n) is 7.14. The highest BCUT2D eigenvalue weighted by Crippen LogP contribution is 2.44. The van der Waals surface area contributed by atoms with E-state index in [1.54, 1.807) is 0 Å². The van der Waals surface area contributed by atoms with Crippen LogP contribution in [0.4, 0.5) is 0 Å². The summed E-state index contributed by atoms with van der Waals surface area (Å²) in [5, 5.41) is 1.04. The summed E-state index contributed by atoms with van der Waals surface area (Å²) in [4.78, 5) is 18.8. The van der Waals surface area contributed by atoms with Gasteiger partial charge in [0, 0.05) is 23.1 Å². The molecule has 0 radical (unpaired) electrons. The Labute approximate surface area is 218 Å². The standard InChI is InChI=1S/C31H44N2O2Si/c1-21(2)36(22(3)4,23(5)6)33-18-17-28-29(24(7)19-32-31(28)33)30(34)26-13-15-27(16-14-26)35-20-25-11-9-8-10-12-25/h8-12,17-19,21-23,26-27H,13-16,20H2,1-7H3. The Morgan fingerprint density at radius 2 is 1.58 bits per heavy atom. The molecule has 1 aliphatic carbocycles. The largest absolute Gasteiger partial charge is 0.374 e. The van der Waals surface area contributed by atoms with Gasteiger partial charge in [-0.2, -0.15) is 0 Å². The van der Waals surface area contributed by atoms with E-state index in [4.69, 9.17) is 9.72 Å². The molecule has 1 aromatic carbocycles. The maximum absolute atomic E-state index is 13.9. The van der Waals surface area contributed by atoms with Crippen LogP contribution >= 0.6 is 0 Å². The molecule has 1 saturated carbocycles. The molecule has 0 atom stereocenters. The second-order valence-electron chi connectivity index (χ2n) is 11.7. The molecule has 4 nitrogen and oxygen atoms in total. The van der Waals surface area contributed by atoms with Crippen LogP contribution in [0.3, 0.4) is 0 Å². The van der Waals surface area contributed by atoms with E-state index in [0.717, 1.165) is 47.8 Å². The minimum atomic E-state index is -1.95. The number of hydrogen-bond donors (Lipinski definition) is 0. The number of aromatic nitrogens is 2. The first-order valence-corrected chi connectivity index (χ1v) is 16.0. The van der Waals surface area contributed by atoms with E-state index in [2.05, 4.69) is 82.3 Å². The zero-order valence-corrected chi connectivity index (χ0v) is 24.3. The van der Waals surface area contributed by atoms with E-state index in [0.29, 0.717) is 29.0 Å². The Morgan fingerprint density at radius 3 is 2.17 bits per heavy atom. The minimum Gasteiger partial charge on any atom is -0.374 e. The molecule has 36 heavy (non-hydrogen) atoms. The smallest absolute Gasteiger partial charge is 0.171 e. The van der Waals surface area contributed by atoms with E-state index >= 15 is 0 Å². The maximum atomic E-state index is 13.9. The van der Waals surface area contributed by atoms with E-state index in [9.17, 15) is 4.79 Å². The van der Waals surface area contributed by atoms with Crippen LogP contribution in [0.2, 0.25) is 16.6 Å². The second kappa shape index (κ2) is 11.0. The van der Waals surface area contributed by atoms with Crippen LogP contribution in [-0.2, 0) is 11.3 Å². The Hall–Kier alpha value is -2.24. The molecular formula is C31H44N2O2Si. The van der Waals surface area contributed by atoms with Crippen molar-refractivity contribution in [3.63, 3.8) is 0 Å². The van der Waals surface area contributed by atoms with E-state index in [-0.39, 0.29) is 12.0 Å². The molecule has 2 aromatic heterocycles. The van der Waals surface area contributed by atoms with Crippen molar-refractivity contribution in [2.75, 3.05) is 0 Å². The number of aryl methyl sites for hydroxylation is 1. The predicted octanol–water partition coefficient (Wildman–Crippen LogP) is 8.33. The molecule has 5 heteroatoms. The lowest BCUT2D eigenvalue weighted by Gasteiger charge is -2.44. The number of benzene rings is 1. The van der Waals surface area contributed by atoms with Crippen molar-refractivity contribution in [3.8, 4) is 0 Å². The van der Waals surface area contributed by atoms with Crippen molar-refractivity contribution in [3.05, 3.63) is 65.5 Å². The van der Waals surface area contributed by atoms with Crippen LogP contribution in [0.1, 0.15) is 88.7 Å². The minimum absolute atomic E-state index is 0.0662. The molecule has 194 valence electrons. The number of pyridine rings is 1. The summed E-state index contributed by atoms with van der Waals surface area (Å²) in [6.07, 6.45) is 8.09. The number of fused-ring (bicyclic) bond motifs is 1. The zero-order chi connectivity index (χ0) is 26.0. The molecule has 3 aromatic rings. The molecule has 0 N–H and O–H groups in total. The fraction of sp³-hybridized carbons (Fsp3) is 0.548. The van der Waals surface area contributed by atoms with Crippen LogP contribution in [-0.4, -0.2) is 29.3 Å². The lowest BCUT2D eigenvalue weighted by Crippen LogP contribution is -2.51. The van der Waals surface area contributed by atoms with Crippen LogP contribution in [0.25, 0.3) is 11.0 Å². The third-order valence-corrected chi connectivity index (χ3v) is 15.5. The predicted molar refractivity (Wildman–Crippen MR) is 152 cm³/mol. The Kier molecular flexibility index (Phi) is 8.21. The van der Waals surface area contributed by atoms with Crippen molar-refractivity contribution in [2.45, 2.75) is 103 Å². The molecule has 0 bridgehead atoms. The average molecular weight is 505 g/mol. The van der Waals surface area contributed by atoms with Gasteiger partial charge in [0.05, 0.1) is 12.7 Å². The van der Waals surface area contributed by atoms with Crippen LogP contribution in [0.5, 0.6) is 0 Å². The molecule has 0 unspecified atom stereocenters. The third kappa shape index (κ3) is 4.84. The van der Waals surface area contributed by atoms with Crippen molar-refractivity contribution < 1.29 is 9.53 Å². The SMILES string of the molecule is Cc1cnc2c(ccn2[Si](C(C)C)(C(C)C)C(C)C)c1C(=O)C1CCC(OCc2ccccc2)CC1. The Morgan fingerprint density at radius 1 is 0.972 bits per heavy atom. The first kappa shape index (κ1) is 26.8. The zero-order valence-electron chi connectivity index (χ0n) is 23.3. The highest BCUT2D eigenvalue weighted by molar-refractivity contribution is 6.82. The van der Waals surface area contributed by atoms with Gasteiger partial charge in [-0.1, -0.05) is 71.9 Å². The van der Waals surface area contributed by atoms with Gasteiger partial charge in [0.1, 0.15) is 5.65 Å². The lowest BCUT2D eigenvalue weighted by atomic mass is 9.81. The summed E-state index contributed by atoms with van der Waals surface area (Å²) in [5.74, 6) is 0.363. The molecule has 1 fully saturated rings. The molecular weight excluding hydrogens is 460 g/mol. The summed E-state index contributed by atoms with van der Waals surface area (Å²) in [7, 11) is -1.95. The second-order valence-corrected chi connectivity index (χ2v) is 17.4. The molecule has 1 aliphatic rings. The van der Waals surface area contributed by atoms with Gasteiger partial charge in [0.25, 0.3) is 0 Å². The number of Topliss-reactive ketones (excluding diaryl/α,β-unsaturated/α-hetero) is 1. The highest BCUT2D eigenvalue weighted by atomic mass is 28.3. The van der Waals surface area contributed by atoms with Crippen LogP contribution in [0, 0.1) is 12.8 Å². The Bertz CT molecular complexity index is 1150. The van der Waals surface area contributed by atoms with Crippen LogP contribution in [0.15, 0.2) is 48.8 Å². The lowest BCUT2D eigenvalue weighted by molar-refractivity contribution is 0.00824. The summed E-state index contributed by atoms with van der Waals surface area (Å²) in [6.45, 7) is 16.9. The van der Waals surface area contributed by atoms with Gasteiger partial charge >= 0.3 is 0 Å². The summed E-state index contributed by atoms with van der Waals surface area (Å²) >= 11 is 0. The number of carbonyl (C=O) groups is 1. The van der Waals surface area contributed by atoms with E-state index in [1.165, 1.54) is 5.56 Å². The average Bonchev–Trinajstić information content (AvgIpc) is 3.27. The number of nitrogens with zero attached hydrogens (tertiary/aromatic N) is 2. The number of rotatable bonds is 9. The first-order chi connectivity index (χ1) is 17.2. The van der Waals surface area contributed by atoms with Crippen molar-refractivity contribution >= 4 is 25.1 Å². The first-order valence-electron chi connectivity index (χ1n) is 13.8. The van der Waals surface area contributed by atoms with Crippen LogP contribution < -0.4 is 0 Å². The van der Waals surface area contributed by atoms with Gasteiger partial charge < -0.3 is 8.97 Å². The summed E-state index contributed by atoms with van der Waals surface area (Å²) in [6, 6.07) is 12.5. The van der Waals surface area contributed by atoms with Crippen molar-refractivity contribution in [1.82, 2.24) is 9.22 Å². The van der Waals surface area contributed by atoms with Crippen molar-refractivity contribution in [2.24, 2.45) is 5.92 Å². The maximum Gasteiger partial charge on any atom is 0.171 e. The monoisotopic (exact) mass is 504 g/mol. The number of ketones is 1. The summed E-state index contributed by atoms with van der Waals surface area (Å²) in [5.41, 5.74) is 5.82. The highest BCUT2D eigenvalue weighted by Gasteiger charge is 2.46. The molecule has 4 rings (SSSR count). The van der Waals surface area contributed by atoms with Crippen molar-refractivity contribution in [1.29, 1.82) is 0 Å².